The summed E-state index contributed by atoms with van der Waals surface area (Å²) >= 11 is 0. The normalized spacial score (nSPS) is 11.4. The Labute approximate surface area is 337 Å². The number of hydrogen-bond donors (Lipinski definition) is 0. The molecule has 0 bridgehead atoms. The molecule has 2 nitrogen and oxygen atoms in total. The van der Waals surface area contributed by atoms with Crippen LogP contribution in [0.1, 0.15) is 0 Å². The van der Waals surface area contributed by atoms with E-state index in [9.17, 15) is 0 Å². The molecule has 11 rings (SSSR count). The van der Waals surface area contributed by atoms with Gasteiger partial charge in [0.2, 0.25) is 0 Å². The topological polar surface area (TPSA) is 16.4 Å². The van der Waals surface area contributed by atoms with Gasteiger partial charge in [0.15, 0.2) is 0 Å². The van der Waals surface area contributed by atoms with Crippen LogP contribution in [0.5, 0.6) is 0 Å². The lowest BCUT2D eigenvalue weighted by atomic mass is 9.93. The maximum absolute atomic E-state index is 6.55. The third kappa shape index (κ3) is 5.82. The standard InChI is InChI=1S/C56H37NO/c1-3-15-38(16-4-1)48-33-31-45(37-52(48)40-17-5-2-6-18-40)57(44-23-13-22-42(35-44)47-27-14-21-39-19-7-9-24-46(39)47)54-28-12-11-25-49(54)43-30-34-55-53(36-43)51-32-29-41-20-8-10-26-50(41)56(51)58-55/h1-37H. The van der Waals surface area contributed by atoms with Crippen molar-refractivity contribution >= 4 is 60.5 Å². The van der Waals surface area contributed by atoms with Crippen LogP contribution in [0.4, 0.5) is 17.1 Å². The molecule has 272 valence electrons. The summed E-state index contributed by atoms with van der Waals surface area (Å²) in [6.45, 7) is 0. The molecule has 0 atom stereocenters. The van der Waals surface area contributed by atoms with Gasteiger partial charge in [-0.15, -0.1) is 0 Å². The largest absolute Gasteiger partial charge is 0.455 e. The Bertz CT molecular complexity index is 3280. The third-order valence-corrected chi connectivity index (χ3v) is 11.5. The predicted octanol–water partition coefficient (Wildman–Crippen LogP) is 16.0. The summed E-state index contributed by atoms with van der Waals surface area (Å²) in [5.41, 5.74) is 14.4. The molecule has 0 N–H and O–H groups in total. The summed E-state index contributed by atoms with van der Waals surface area (Å²) in [7, 11) is 0. The van der Waals surface area contributed by atoms with Crippen molar-refractivity contribution in [1.82, 2.24) is 0 Å². The van der Waals surface area contributed by atoms with Gasteiger partial charge in [0.05, 0.1) is 5.69 Å². The zero-order valence-corrected chi connectivity index (χ0v) is 31.7. The van der Waals surface area contributed by atoms with Crippen molar-refractivity contribution < 1.29 is 4.42 Å². The van der Waals surface area contributed by atoms with E-state index in [0.717, 1.165) is 55.5 Å². The van der Waals surface area contributed by atoms with E-state index in [0.29, 0.717) is 0 Å². The first kappa shape index (κ1) is 33.6. The minimum Gasteiger partial charge on any atom is -0.455 e. The van der Waals surface area contributed by atoms with E-state index in [1.165, 1.54) is 49.5 Å². The molecule has 0 unspecified atom stereocenters. The molecule has 11 aromatic rings. The fourth-order valence-corrected chi connectivity index (χ4v) is 8.70. The van der Waals surface area contributed by atoms with Gasteiger partial charge in [-0.1, -0.05) is 176 Å². The molecule has 0 saturated carbocycles. The molecule has 0 saturated heterocycles. The van der Waals surface area contributed by atoms with Crippen LogP contribution in [-0.4, -0.2) is 0 Å². The second-order valence-electron chi connectivity index (χ2n) is 14.9. The van der Waals surface area contributed by atoms with Crippen molar-refractivity contribution in [3.05, 3.63) is 224 Å². The van der Waals surface area contributed by atoms with Gasteiger partial charge in [-0.3, -0.25) is 0 Å². The van der Waals surface area contributed by atoms with Crippen LogP contribution < -0.4 is 4.90 Å². The van der Waals surface area contributed by atoms with Crippen molar-refractivity contribution in [2.45, 2.75) is 0 Å². The van der Waals surface area contributed by atoms with Crippen LogP contribution in [0, 0.1) is 0 Å². The van der Waals surface area contributed by atoms with Crippen LogP contribution in [0.3, 0.4) is 0 Å². The number of para-hydroxylation sites is 1. The van der Waals surface area contributed by atoms with Crippen LogP contribution in [0.2, 0.25) is 0 Å². The Kier molecular flexibility index (Phi) is 8.19. The van der Waals surface area contributed by atoms with E-state index in [-0.39, 0.29) is 0 Å². The molecule has 58 heavy (non-hydrogen) atoms. The van der Waals surface area contributed by atoms with Gasteiger partial charge in [-0.25, -0.2) is 0 Å². The number of anilines is 3. The molecule has 2 heteroatoms. The van der Waals surface area contributed by atoms with E-state index >= 15 is 0 Å². The van der Waals surface area contributed by atoms with Crippen molar-refractivity contribution in [2.75, 3.05) is 4.90 Å². The average Bonchev–Trinajstić information content (AvgIpc) is 3.68. The monoisotopic (exact) mass is 739 g/mol. The van der Waals surface area contributed by atoms with E-state index in [1.54, 1.807) is 0 Å². The first-order valence-electron chi connectivity index (χ1n) is 19.8. The lowest BCUT2D eigenvalue weighted by Gasteiger charge is -2.29. The number of hydrogen-bond acceptors (Lipinski definition) is 2. The van der Waals surface area contributed by atoms with Crippen molar-refractivity contribution in [2.24, 2.45) is 0 Å². The first-order valence-corrected chi connectivity index (χ1v) is 19.8. The second-order valence-corrected chi connectivity index (χ2v) is 14.9. The van der Waals surface area contributed by atoms with E-state index in [1.807, 2.05) is 0 Å². The molecule has 10 aromatic carbocycles. The SMILES string of the molecule is c1ccc(-c2ccc(N(c3cccc(-c4cccc5ccccc45)c3)c3ccccc3-c3ccc4oc5c6ccccc6ccc5c4c3)cc2-c2ccccc2)cc1. The molecule has 1 heterocycles. The van der Waals surface area contributed by atoms with Crippen molar-refractivity contribution in [1.29, 1.82) is 0 Å². The summed E-state index contributed by atoms with van der Waals surface area (Å²) in [4.78, 5) is 2.43. The van der Waals surface area contributed by atoms with Gasteiger partial charge in [0, 0.05) is 33.1 Å². The molecule has 0 aliphatic carbocycles. The number of rotatable bonds is 7. The minimum absolute atomic E-state index is 0.885. The fraction of sp³-hybridized carbons (Fsp3) is 0. The number of benzene rings is 10. The Hall–Kier alpha value is -7.68. The Morgan fingerprint density at radius 3 is 1.72 bits per heavy atom. The summed E-state index contributed by atoms with van der Waals surface area (Å²) in [5.74, 6) is 0. The molecule has 0 fully saturated rings. The zero-order valence-electron chi connectivity index (χ0n) is 31.7. The molecule has 0 spiro atoms. The van der Waals surface area contributed by atoms with E-state index in [2.05, 4.69) is 229 Å². The molecule has 1 aromatic heterocycles. The second kappa shape index (κ2) is 14.1. The third-order valence-electron chi connectivity index (χ3n) is 11.5. The van der Waals surface area contributed by atoms with Crippen molar-refractivity contribution in [3.8, 4) is 44.5 Å². The summed E-state index contributed by atoms with van der Waals surface area (Å²) in [6, 6.07) is 80.8. The Balaban J connectivity index is 1.14. The van der Waals surface area contributed by atoms with Gasteiger partial charge in [-0.2, -0.15) is 0 Å². The van der Waals surface area contributed by atoms with Crippen LogP contribution in [-0.2, 0) is 0 Å². The quantitative estimate of drug-likeness (QED) is 0.162. The molecular formula is C56H37NO. The number of fused-ring (bicyclic) bond motifs is 6. The highest BCUT2D eigenvalue weighted by Gasteiger charge is 2.21. The number of furan rings is 1. The number of nitrogens with zero attached hydrogens (tertiary/aromatic N) is 1. The van der Waals surface area contributed by atoms with Crippen molar-refractivity contribution in [3.63, 3.8) is 0 Å². The average molecular weight is 740 g/mol. The Morgan fingerprint density at radius 1 is 0.293 bits per heavy atom. The summed E-state index contributed by atoms with van der Waals surface area (Å²) < 4.78 is 6.55. The van der Waals surface area contributed by atoms with E-state index < -0.39 is 0 Å². The highest BCUT2D eigenvalue weighted by Crippen LogP contribution is 2.46. The van der Waals surface area contributed by atoms with Gasteiger partial charge >= 0.3 is 0 Å². The van der Waals surface area contributed by atoms with Gasteiger partial charge in [-0.05, 0) is 104 Å². The molecule has 0 aliphatic heterocycles. The molecular weight excluding hydrogens is 703 g/mol. The highest BCUT2D eigenvalue weighted by molar-refractivity contribution is 6.15. The van der Waals surface area contributed by atoms with E-state index in [4.69, 9.17) is 4.42 Å². The van der Waals surface area contributed by atoms with Gasteiger partial charge in [0.25, 0.3) is 0 Å². The minimum atomic E-state index is 0.885. The Morgan fingerprint density at radius 2 is 0.897 bits per heavy atom. The van der Waals surface area contributed by atoms with Crippen LogP contribution in [0.25, 0.3) is 88.0 Å². The maximum Gasteiger partial charge on any atom is 0.143 e. The summed E-state index contributed by atoms with van der Waals surface area (Å²) in [5, 5.41) is 7.00. The molecule has 0 radical (unpaired) electrons. The first-order chi connectivity index (χ1) is 28.8. The predicted molar refractivity (Wildman–Crippen MR) is 245 cm³/mol. The molecule has 0 amide bonds. The molecule has 0 aliphatic rings. The maximum atomic E-state index is 6.55. The van der Waals surface area contributed by atoms with Crippen LogP contribution >= 0.6 is 0 Å². The summed E-state index contributed by atoms with van der Waals surface area (Å²) in [6.07, 6.45) is 0. The fourth-order valence-electron chi connectivity index (χ4n) is 8.70. The van der Waals surface area contributed by atoms with Gasteiger partial charge < -0.3 is 9.32 Å². The zero-order chi connectivity index (χ0) is 38.4. The lowest BCUT2D eigenvalue weighted by Crippen LogP contribution is -2.11. The van der Waals surface area contributed by atoms with Crippen LogP contribution in [0.15, 0.2) is 229 Å². The smallest absolute Gasteiger partial charge is 0.143 e. The lowest BCUT2D eigenvalue weighted by molar-refractivity contribution is 0.672. The van der Waals surface area contributed by atoms with Gasteiger partial charge in [0.1, 0.15) is 11.2 Å². The highest BCUT2D eigenvalue weighted by atomic mass is 16.3.